The lowest BCUT2D eigenvalue weighted by Gasteiger charge is -2.05. The third-order valence-electron chi connectivity index (χ3n) is 2.49. The van der Waals surface area contributed by atoms with E-state index in [9.17, 15) is 0 Å². The highest BCUT2D eigenvalue weighted by atomic mass is 15.0. The van der Waals surface area contributed by atoms with Crippen LogP contribution in [0.3, 0.4) is 0 Å². The molecule has 0 unspecified atom stereocenters. The summed E-state index contributed by atoms with van der Waals surface area (Å²) in [5.41, 5.74) is 2.46. The summed E-state index contributed by atoms with van der Waals surface area (Å²) in [4.78, 5) is 0. The first kappa shape index (κ1) is 9.59. The maximum atomic E-state index is 3.77. The molecule has 0 aliphatic heterocycles. The van der Waals surface area contributed by atoms with Gasteiger partial charge in [-0.05, 0) is 24.3 Å². The molecular weight excluding hydrogens is 184 g/mol. The third kappa shape index (κ3) is 1.79. The lowest BCUT2D eigenvalue weighted by atomic mass is 10.2. The average Bonchev–Trinajstić information content (AvgIpc) is 2.87. The van der Waals surface area contributed by atoms with Crippen LogP contribution in [0.15, 0.2) is 49.8 Å². The molecule has 0 radical (unpaired) electrons. The lowest BCUT2D eigenvalue weighted by molar-refractivity contribution is 0.942. The van der Waals surface area contributed by atoms with E-state index in [1.54, 1.807) is 0 Å². The van der Waals surface area contributed by atoms with Crippen LogP contribution in [0.2, 0.25) is 0 Å². The van der Waals surface area contributed by atoms with Crippen LogP contribution in [0.25, 0.3) is 12.4 Å². The molecule has 2 rings (SSSR count). The van der Waals surface area contributed by atoms with E-state index >= 15 is 0 Å². The SMILES string of the molecule is C=Cn1cccc1Cc1cccn1C=C. The van der Waals surface area contributed by atoms with Crippen LogP contribution in [0.5, 0.6) is 0 Å². The van der Waals surface area contributed by atoms with Gasteiger partial charge in [0.25, 0.3) is 0 Å². The minimum Gasteiger partial charge on any atom is -0.328 e. The highest BCUT2D eigenvalue weighted by Crippen LogP contribution is 2.11. The largest absolute Gasteiger partial charge is 0.328 e. The van der Waals surface area contributed by atoms with Gasteiger partial charge in [0.2, 0.25) is 0 Å². The molecule has 0 bridgehead atoms. The standard InChI is InChI=1S/C13H14N2/c1-3-14-9-5-7-12(14)11-13-8-6-10-15(13)4-2/h3-10H,1-2,11H2. The summed E-state index contributed by atoms with van der Waals surface area (Å²) in [5.74, 6) is 0. The Labute approximate surface area is 89.8 Å². The molecule has 0 N–H and O–H groups in total. The van der Waals surface area contributed by atoms with Crippen molar-refractivity contribution < 1.29 is 0 Å². The van der Waals surface area contributed by atoms with Crippen LogP contribution in [0.4, 0.5) is 0 Å². The van der Waals surface area contributed by atoms with Gasteiger partial charge in [-0.25, -0.2) is 0 Å². The van der Waals surface area contributed by atoms with Gasteiger partial charge >= 0.3 is 0 Å². The summed E-state index contributed by atoms with van der Waals surface area (Å²) >= 11 is 0. The fourth-order valence-corrected chi connectivity index (χ4v) is 1.70. The molecule has 0 atom stereocenters. The molecule has 15 heavy (non-hydrogen) atoms. The molecule has 76 valence electrons. The molecule has 0 fully saturated rings. The van der Waals surface area contributed by atoms with E-state index in [-0.39, 0.29) is 0 Å². The van der Waals surface area contributed by atoms with Gasteiger partial charge in [0.05, 0.1) is 0 Å². The van der Waals surface area contributed by atoms with Crippen LogP contribution in [-0.2, 0) is 6.42 Å². The number of aromatic nitrogens is 2. The zero-order valence-electron chi connectivity index (χ0n) is 8.63. The van der Waals surface area contributed by atoms with Crippen LogP contribution in [0.1, 0.15) is 11.4 Å². The Morgan fingerprint density at radius 2 is 1.40 bits per heavy atom. The minimum absolute atomic E-state index is 0.887. The van der Waals surface area contributed by atoms with Gasteiger partial charge in [-0.15, -0.1) is 0 Å². The molecule has 0 aromatic carbocycles. The van der Waals surface area contributed by atoms with Crippen molar-refractivity contribution in [2.75, 3.05) is 0 Å². The van der Waals surface area contributed by atoms with Gasteiger partial charge in [-0.2, -0.15) is 0 Å². The normalized spacial score (nSPS) is 10.1. The summed E-state index contributed by atoms with van der Waals surface area (Å²) in [6.45, 7) is 7.54. The third-order valence-corrected chi connectivity index (χ3v) is 2.49. The summed E-state index contributed by atoms with van der Waals surface area (Å²) in [6.07, 6.45) is 8.53. The van der Waals surface area contributed by atoms with Crippen molar-refractivity contribution in [1.29, 1.82) is 0 Å². The molecule has 2 aromatic rings. The zero-order chi connectivity index (χ0) is 10.7. The topological polar surface area (TPSA) is 9.86 Å². The predicted molar refractivity (Wildman–Crippen MR) is 64.4 cm³/mol. The molecule has 2 nitrogen and oxygen atoms in total. The van der Waals surface area contributed by atoms with Crippen molar-refractivity contribution in [2.24, 2.45) is 0 Å². The van der Waals surface area contributed by atoms with Gasteiger partial charge in [0.1, 0.15) is 0 Å². The highest BCUT2D eigenvalue weighted by Gasteiger charge is 2.02. The van der Waals surface area contributed by atoms with Crippen molar-refractivity contribution in [3.8, 4) is 0 Å². The quantitative estimate of drug-likeness (QED) is 0.714. The molecule has 2 heteroatoms. The number of hydrogen-bond acceptors (Lipinski definition) is 0. The Hall–Kier alpha value is -1.96. The van der Waals surface area contributed by atoms with E-state index in [1.807, 2.05) is 46.1 Å². The molecule has 0 aliphatic carbocycles. The first-order valence-electron chi connectivity index (χ1n) is 4.91. The van der Waals surface area contributed by atoms with E-state index in [1.165, 1.54) is 11.4 Å². The predicted octanol–water partition coefficient (Wildman–Crippen LogP) is 3.08. The van der Waals surface area contributed by atoms with E-state index in [4.69, 9.17) is 0 Å². The second kappa shape index (κ2) is 4.05. The van der Waals surface area contributed by atoms with Crippen molar-refractivity contribution >= 4 is 12.4 Å². The molecule has 0 saturated heterocycles. The van der Waals surface area contributed by atoms with E-state index in [0.717, 1.165) is 6.42 Å². The van der Waals surface area contributed by atoms with Gasteiger partial charge in [0.15, 0.2) is 0 Å². The Bertz CT molecular complexity index is 430. The Kier molecular flexibility index (Phi) is 2.59. The lowest BCUT2D eigenvalue weighted by Crippen LogP contribution is -1.99. The van der Waals surface area contributed by atoms with Crippen LogP contribution >= 0.6 is 0 Å². The van der Waals surface area contributed by atoms with Gasteiger partial charge in [-0.3, -0.25) is 0 Å². The summed E-state index contributed by atoms with van der Waals surface area (Å²) in [7, 11) is 0. The second-order valence-electron chi connectivity index (χ2n) is 3.36. The first-order valence-corrected chi connectivity index (χ1v) is 4.91. The monoisotopic (exact) mass is 198 g/mol. The number of rotatable bonds is 4. The maximum Gasteiger partial charge on any atom is 0.0289 e. The summed E-state index contributed by atoms with van der Waals surface area (Å²) in [5, 5.41) is 0. The Balaban J connectivity index is 2.29. The second-order valence-corrected chi connectivity index (χ2v) is 3.36. The van der Waals surface area contributed by atoms with Gasteiger partial charge in [0, 0.05) is 42.6 Å². The first-order chi connectivity index (χ1) is 7.35. The number of nitrogens with zero attached hydrogens (tertiary/aromatic N) is 2. The van der Waals surface area contributed by atoms with Gasteiger partial charge < -0.3 is 9.13 Å². The van der Waals surface area contributed by atoms with Crippen molar-refractivity contribution in [3.63, 3.8) is 0 Å². The van der Waals surface area contributed by atoms with Crippen LogP contribution < -0.4 is 0 Å². The van der Waals surface area contributed by atoms with Crippen molar-refractivity contribution in [3.05, 3.63) is 61.2 Å². The van der Waals surface area contributed by atoms with E-state index in [2.05, 4.69) is 25.3 Å². The Morgan fingerprint density at radius 1 is 0.933 bits per heavy atom. The fraction of sp³-hybridized carbons (Fsp3) is 0.0769. The minimum atomic E-state index is 0.887. The Morgan fingerprint density at radius 3 is 1.80 bits per heavy atom. The number of hydrogen-bond donors (Lipinski definition) is 0. The molecule has 0 amide bonds. The highest BCUT2D eigenvalue weighted by molar-refractivity contribution is 5.31. The smallest absolute Gasteiger partial charge is 0.0289 e. The molecular formula is C13H14N2. The summed E-state index contributed by atoms with van der Waals surface area (Å²) in [6, 6.07) is 8.25. The van der Waals surface area contributed by atoms with Crippen LogP contribution in [0, 0.1) is 0 Å². The molecule has 0 spiro atoms. The fourth-order valence-electron chi connectivity index (χ4n) is 1.70. The molecule has 0 saturated carbocycles. The van der Waals surface area contributed by atoms with E-state index < -0.39 is 0 Å². The molecule has 2 heterocycles. The maximum absolute atomic E-state index is 3.77. The molecule has 0 aliphatic rings. The molecule has 2 aromatic heterocycles. The van der Waals surface area contributed by atoms with Crippen LogP contribution in [-0.4, -0.2) is 9.13 Å². The van der Waals surface area contributed by atoms with E-state index in [0.29, 0.717) is 0 Å². The van der Waals surface area contributed by atoms with Crippen molar-refractivity contribution in [1.82, 2.24) is 9.13 Å². The van der Waals surface area contributed by atoms with Crippen molar-refractivity contribution in [2.45, 2.75) is 6.42 Å². The zero-order valence-corrected chi connectivity index (χ0v) is 8.63. The van der Waals surface area contributed by atoms with Gasteiger partial charge in [-0.1, -0.05) is 13.2 Å². The summed E-state index contributed by atoms with van der Waals surface area (Å²) < 4.78 is 4.06. The average molecular weight is 198 g/mol.